The Bertz CT molecular complexity index is 579. The molecule has 0 saturated carbocycles. The quantitative estimate of drug-likeness (QED) is 0.826. The monoisotopic (exact) mass is 322 g/mol. The van der Waals surface area contributed by atoms with E-state index in [0.717, 1.165) is 35.8 Å². The van der Waals surface area contributed by atoms with Gasteiger partial charge in [0, 0.05) is 31.1 Å². The highest BCUT2D eigenvalue weighted by molar-refractivity contribution is 5.74. The number of morpholine rings is 1. The number of nitrogens with one attached hydrogen (secondary N) is 1. The Kier molecular flexibility index (Phi) is 4.16. The van der Waals surface area contributed by atoms with Gasteiger partial charge in [0.1, 0.15) is 11.4 Å². The zero-order valence-electron chi connectivity index (χ0n) is 14.3. The van der Waals surface area contributed by atoms with Gasteiger partial charge in [0.25, 0.3) is 0 Å². The standard InChI is InChI=1S/C17H26N2O4/c1-16(2,20)17(3)11-12-9-13(18-21-4)14(10-15(12)23-17)19-5-7-22-8-6-19/h9-10,18,20H,5-8,11H2,1-4H3. The number of ether oxygens (including phenoxy) is 2. The lowest BCUT2D eigenvalue weighted by Crippen LogP contribution is -2.51. The minimum atomic E-state index is -0.931. The lowest BCUT2D eigenvalue weighted by Gasteiger charge is -2.36. The van der Waals surface area contributed by atoms with E-state index in [1.165, 1.54) is 0 Å². The number of hydrogen-bond donors (Lipinski definition) is 2. The number of anilines is 2. The number of fused-ring (bicyclic) bond motifs is 1. The number of aliphatic hydroxyl groups is 1. The van der Waals surface area contributed by atoms with Crippen LogP contribution in [-0.4, -0.2) is 49.7 Å². The molecule has 1 atom stereocenters. The van der Waals surface area contributed by atoms with E-state index < -0.39 is 11.2 Å². The van der Waals surface area contributed by atoms with Crippen molar-refractivity contribution >= 4 is 11.4 Å². The predicted molar refractivity (Wildman–Crippen MR) is 89.1 cm³/mol. The van der Waals surface area contributed by atoms with E-state index in [1.807, 2.05) is 13.0 Å². The fraction of sp³-hybridized carbons (Fsp3) is 0.647. The first-order valence-electron chi connectivity index (χ1n) is 8.04. The van der Waals surface area contributed by atoms with E-state index in [0.29, 0.717) is 19.6 Å². The molecular weight excluding hydrogens is 296 g/mol. The first-order chi connectivity index (χ1) is 10.8. The van der Waals surface area contributed by atoms with Gasteiger partial charge in [-0.05, 0) is 26.8 Å². The van der Waals surface area contributed by atoms with Gasteiger partial charge in [-0.3, -0.25) is 10.3 Å². The molecule has 1 saturated heterocycles. The summed E-state index contributed by atoms with van der Waals surface area (Å²) in [5.74, 6) is 0.831. The van der Waals surface area contributed by atoms with Crippen LogP contribution >= 0.6 is 0 Å². The molecule has 6 nitrogen and oxygen atoms in total. The highest BCUT2D eigenvalue weighted by Crippen LogP contribution is 2.45. The summed E-state index contributed by atoms with van der Waals surface area (Å²) in [6.45, 7) is 8.62. The highest BCUT2D eigenvalue weighted by Gasteiger charge is 2.47. The van der Waals surface area contributed by atoms with Crippen molar-refractivity contribution in [3.05, 3.63) is 17.7 Å². The van der Waals surface area contributed by atoms with Gasteiger partial charge >= 0.3 is 0 Å². The molecule has 23 heavy (non-hydrogen) atoms. The third-order valence-corrected chi connectivity index (χ3v) is 4.90. The summed E-state index contributed by atoms with van der Waals surface area (Å²) in [4.78, 5) is 7.40. The van der Waals surface area contributed by atoms with Crippen LogP contribution in [0.1, 0.15) is 26.3 Å². The van der Waals surface area contributed by atoms with Crippen LogP contribution in [0.4, 0.5) is 11.4 Å². The molecule has 0 radical (unpaired) electrons. The first-order valence-corrected chi connectivity index (χ1v) is 8.04. The molecule has 0 aromatic heterocycles. The summed E-state index contributed by atoms with van der Waals surface area (Å²) < 4.78 is 11.6. The molecule has 0 spiro atoms. The van der Waals surface area contributed by atoms with E-state index in [1.54, 1.807) is 21.0 Å². The fourth-order valence-corrected chi connectivity index (χ4v) is 3.09. The molecule has 128 valence electrons. The summed E-state index contributed by atoms with van der Waals surface area (Å²) >= 11 is 0. The van der Waals surface area contributed by atoms with Crippen LogP contribution in [-0.2, 0) is 16.0 Å². The minimum absolute atomic E-state index is 0.636. The van der Waals surface area contributed by atoms with Gasteiger partial charge in [-0.1, -0.05) is 0 Å². The van der Waals surface area contributed by atoms with Gasteiger partial charge in [-0.2, -0.15) is 0 Å². The Morgan fingerprint density at radius 2 is 2.00 bits per heavy atom. The Labute approximate surface area is 137 Å². The zero-order valence-corrected chi connectivity index (χ0v) is 14.3. The van der Waals surface area contributed by atoms with Gasteiger partial charge in [0.2, 0.25) is 0 Å². The molecule has 1 aromatic rings. The zero-order chi connectivity index (χ0) is 16.7. The molecule has 3 rings (SSSR count). The van der Waals surface area contributed by atoms with Crippen molar-refractivity contribution in [2.45, 2.75) is 38.4 Å². The minimum Gasteiger partial charge on any atom is -0.484 e. The van der Waals surface area contributed by atoms with Crippen molar-refractivity contribution < 1.29 is 19.4 Å². The molecule has 1 unspecified atom stereocenters. The van der Waals surface area contributed by atoms with Crippen LogP contribution in [0.5, 0.6) is 5.75 Å². The van der Waals surface area contributed by atoms with Gasteiger partial charge in [-0.15, -0.1) is 0 Å². The number of hydrogen-bond acceptors (Lipinski definition) is 6. The number of rotatable bonds is 4. The second-order valence-electron chi connectivity index (χ2n) is 6.95. The summed E-state index contributed by atoms with van der Waals surface area (Å²) in [5.41, 5.74) is 4.43. The maximum atomic E-state index is 10.4. The third kappa shape index (κ3) is 2.98. The van der Waals surface area contributed by atoms with Crippen molar-refractivity contribution in [1.29, 1.82) is 0 Å². The molecule has 1 aromatic carbocycles. The van der Waals surface area contributed by atoms with Crippen molar-refractivity contribution in [1.82, 2.24) is 0 Å². The lowest BCUT2D eigenvalue weighted by molar-refractivity contribution is -0.0900. The Morgan fingerprint density at radius 1 is 1.30 bits per heavy atom. The lowest BCUT2D eigenvalue weighted by atomic mass is 9.84. The fourth-order valence-electron chi connectivity index (χ4n) is 3.09. The van der Waals surface area contributed by atoms with Gasteiger partial charge in [0.05, 0.1) is 37.3 Å². The Hall–Kier alpha value is -1.50. The van der Waals surface area contributed by atoms with Crippen LogP contribution in [0.25, 0.3) is 0 Å². The predicted octanol–water partition coefficient (Wildman–Crippen LogP) is 1.96. The van der Waals surface area contributed by atoms with E-state index in [-0.39, 0.29) is 0 Å². The summed E-state index contributed by atoms with van der Waals surface area (Å²) in [6.07, 6.45) is 0.660. The van der Waals surface area contributed by atoms with E-state index in [4.69, 9.17) is 14.3 Å². The molecule has 2 aliphatic heterocycles. The number of nitrogens with zero attached hydrogens (tertiary/aromatic N) is 1. The van der Waals surface area contributed by atoms with Crippen molar-refractivity contribution in [3.8, 4) is 5.75 Å². The summed E-state index contributed by atoms with van der Waals surface area (Å²) in [7, 11) is 1.60. The molecule has 2 aliphatic rings. The average Bonchev–Trinajstić information content (AvgIpc) is 2.84. The van der Waals surface area contributed by atoms with E-state index in [2.05, 4.69) is 16.4 Å². The average molecular weight is 322 g/mol. The maximum Gasteiger partial charge on any atom is 0.138 e. The van der Waals surface area contributed by atoms with Crippen LogP contribution < -0.4 is 15.1 Å². The maximum absolute atomic E-state index is 10.4. The highest BCUT2D eigenvalue weighted by atomic mass is 16.6. The third-order valence-electron chi connectivity index (χ3n) is 4.90. The molecule has 0 bridgehead atoms. The van der Waals surface area contributed by atoms with E-state index in [9.17, 15) is 5.11 Å². The van der Waals surface area contributed by atoms with Crippen molar-refractivity contribution in [2.75, 3.05) is 43.8 Å². The number of benzene rings is 1. The Morgan fingerprint density at radius 3 is 2.61 bits per heavy atom. The van der Waals surface area contributed by atoms with Crippen LogP contribution in [0.2, 0.25) is 0 Å². The van der Waals surface area contributed by atoms with Crippen LogP contribution in [0.3, 0.4) is 0 Å². The second-order valence-corrected chi connectivity index (χ2v) is 6.95. The Balaban J connectivity index is 1.96. The van der Waals surface area contributed by atoms with Crippen molar-refractivity contribution in [3.63, 3.8) is 0 Å². The SMILES string of the molecule is CONc1cc2c(cc1N1CCOCC1)OC(C)(C(C)(C)O)C2. The van der Waals surface area contributed by atoms with E-state index >= 15 is 0 Å². The molecule has 6 heteroatoms. The summed E-state index contributed by atoms with van der Waals surface area (Å²) in [6, 6.07) is 4.10. The van der Waals surface area contributed by atoms with Gasteiger partial charge in [0.15, 0.2) is 0 Å². The molecule has 2 heterocycles. The smallest absolute Gasteiger partial charge is 0.138 e. The topological polar surface area (TPSA) is 63.2 Å². The normalized spacial score (nSPS) is 24.3. The molecular formula is C17H26N2O4. The van der Waals surface area contributed by atoms with Crippen LogP contribution in [0, 0.1) is 0 Å². The molecule has 1 fully saturated rings. The largest absolute Gasteiger partial charge is 0.484 e. The summed E-state index contributed by atoms with van der Waals surface area (Å²) in [5, 5.41) is 10.4. The molecule has 0 aliphatic carbocycles. The second kappa shape index (κ2) is 5.85. The van der Waals surface area contributed by atoms with Crippen molar-refractivity contribution in [2.24, 2.45) is 0 Å². The molecule has 2 N–H and O–H groups in total. The first kappa shape index (κ1) is 16.4. The van der Waals surface area contributed by atoms with Crippen LogP contribution in [0.15, 0.2) is 12.1 Å². The van der Waals surface area contributed by atoms with Gasteiger partial charge < -0.3 is 19.5 Å². The van der Waals surface area contributed by atoms with Gasteiger partial charge in [-0.25, -0.2) is 0 Å². The molecule has 0 amide bonds.